The van der Waals surface area contributed by atoms with E-state index in [2.05, 4.69) is 17.3 Å². The fraction of sp³-hybridized carbons (Fsp3) is 0.750. The molecule has 0 unspecified atom stereocenters. The molecule has 1 N–H and O–H groups in total. The number of hydrogen-bond acceptors (Lipinski definition) is 3. The van der Waals surface area contributed by atoms with Crippen LogP contribution in [0.3, 0.4) is 0 Å². The van der Waals surface area contributed by atoms with E-state index in [1.54, 1.807) is 11.8 Å². The van der Waals surface area contributed by atoms with Gasteiger partial charge in [-0.25, -0.2) is 0 Å². The first-order chi connectivity index (χ1) is 7.63. The van der Waals surface area contributed by atoms with Crippen LogP contribution in [0.25, 0.3) is 0 Å². The van der Waals surface area contributed by atoms with Gasteiger partial charge in [0.25, 0.3) is 0 Å². The van der Waals surface area contributed by atoms with Gasteiger partial charge in [0.2, 0.25) is 0 Å². The van der Waals surface area contributed by atoms with Crippen LogP contribution in [0.15, 0.2) is 6.20 Å². The minimum absolute atomic E-state index is 0.433. The number of anilines is 1. The normalized spacial score (nSPS) is 18.7. The quantitative estimate of drug-likeness (QED) is 0.852. The number of aromatic nitrogens is 2. The summed E-state index contributed by atoms with van der Waals surface area (Å²) in [5.74, 6) is 1.68. The minimum Gasteiger partial charge on any atom is -0.491 e. The molecule has 0 radical (unpaired) electrons. The highest BCUT2D eigenvalue weighted by molar-refractivity contribution is 5.48. The Balaban J connectivity index is 1.98. The van der Waals surface area contributed by atoms with Crippen LogP contribution in [-0.4, -0.2) is 23.4 Å². The summed E-state index contributed by atoms with van der Waals surface area (Å²) in [6.07, 6.45) is 7.23. The van der Waals surface area contributed by atoms with Crippen LogP contribution in [0.2, 0.25) is 0 Å². The summed E-state index contributed by atoms with van der Waals surface area (Å²) >= 11 is 0. The molecule has 1 saturated carbocycles. The number of nitrogens with zero attached hydrogens (tertiary/aromatic N) is 2. The van der Waals surface area contributed by atoms with E-state index >= 15 is 0 Å². The third kappa shape index (κ3) is 2.31. The fourth-order valence-electron chi connectivity index (χ4n) is 2.44. The van der Waals surface area contributed by atoms with Crippen LogP contribution < -0.4 is 10.1 Å². The predicted molar refractivity (Wildman–Crippen MR) is 64.8 cm³/mol. The van der Waals surface area contributed by atoms with Crippen molar-refractivity contribution in [3.8, 4) is 5.75 Å². The zero-order valence-electron chi connectivity index (χ0n) is 10.4. The van der Waals surface area contributed by atoms with E-state index in [-0.39, 0.29) is 0 Å². The number of nitrogens with one attached hydrogen (secondary N) is 1. The Bertz CT molecular complexity index is 353. The van der Waals surface area contributed by atoms with Crippen molar-refractivity contribution in [3.05, 3.63) is 6.20 Å². The van der Waals surface area contributed by atoms with E-state index < -0.39 is 0 Å². The van der Waals surface area contributed by atoms with Gasteiger partial charge in [-0.1, -0.05) is 19.8 Å². The van der Waals surface area contributed by atoms with Crippen LogP contribution in [0.5, 0.6) is 5.75 Å². The second-order valence-corrected chi connectivity index (χ2v) is 5.09. The van der Waals surface area contributed by atoms with Crippen molar-refractivity contribution in [1.29, 1.82) is 0 Å². The number of ether oxygens (including phenoxy) is 1. The van der Waals surface area contributed by atoms with Gasteiger partial charge in [0, 0.05) is 13.6 Å². The van der Waals surface area contributed by atoms with Crippen molar-refractivity contribution < 1.29 is 4.74 Å². The van der Waals surface area contributed by atoms with Crippen molar-refractivity contribution in [3.63, 3.8) is 0 Å². The van der Waals surface area contributed by atoms with Crippen LogP contribution in [0.1, 0.15) is 32.6 Å². The summed E-state index contributed by atoms with van der Waals surface area (Å²) in [7, 11) is 3.59. The molecule has 1 aliphatic rings. The van der Waals surface area contributed by atoms with Gasteiger partial charge in [-0.15, -0.1) is 0 Å². The molecule has 16 heavy (non-hydrogen) atoms. The fourth-order valence-corrected chi connectivity index (χ4v) is 2.44. The van der Waals surface area contributed by atoms with Crippen molar-refractivity contribution in [2.45, 2.75) is 32.6 Å². The first kappa shape index (κ1) is 11.3. The molecule has 90 valence electrons. The molecule has 0 bridgehead atoms. The average Bonchev–Trinajstić information content (AvgIpc) is 2.82. The Morgan fingerprint density at radius 3 is 2.81 bits per heavy atom. The van der Waals surface area contributed by atoms with Crippen LogP contribution >= 0.6 is 0 Å². The smallest absolute Gasteiger partial charge is 0.190 e. The highest BCUT2D eigenvalue weighted by Crippen LogP contribution is 2.37. The summed E-state index contributed by atoms with van der Waals surface area (Å²) in [6, 6.07) is 0. The van der Waals surface area contributed by atoms with Gasteiger partial charge in [-0.2, -0.15) is 5.10 Å². The summed E-state index contributed by atoms with van der Waals surface area (Å²) in [5.41, 5.74) is 0.433. The Hall–Kier alpha value is -1.19. The zero-order chi connectivity index (χ0) is 11.6. The Labute approximate surface area is 97.0 Å². The molecule has 0 saturated heterocycles. The molecule has 1 aliphatic carbocycles. The molecule has 0 spiro atoms. The van der Waals surface area contributed by atoms with E-state index in [1.165, 1.54) is 25.7 Å². The van der Waals surface area contributed by atoms with Gasteiger partial charge in [0.15, 0.2) is 11.6 Å². The largest absolute Gasteiger partial charge is 0.491 e. The van der Waals surface area contributed by atoms with Gasteiger partial charge in [0.1, 0.15) is 0 Å². The second-order valence-electron chi connectivity index (χ2n) is 5.09. The molecular weight excluding hydrogens is 202 g/mol. The van der Waals surface area contributed by atoms with Gasteiger partial charge < -0.3 is 10.1 Å². The molecular formula is C12H21N3O. The zero-order valence-corrected chi connectivity index (χ0v) is 10.4. The lowest BCUT2D eigenvalue weighted by atomic mass is 9.89. The first-order valence-corrected chi connectivity index (χ1v) is 5.94. The van der Waals surface area contributed by atoms with Crippen molar-refractivity contribution in [2.75, 3.05) is 19.0 Å². The van der Waals surface area contributed by atoms with Crippen LogP contribution in [0, 0.1) is 5.41 Å². The SMILES string of the molecule is COc1cn(C)nc1NCC1(C)CCCC1. The lowest BCUT2D eigenvalue weighted by molar-refractivity contribution is 0.360. The summed E-state index contributed by atoms with van der Waals surface area (Å²) in [6.45, 7) is 3.34. The Morgan fingerprint density at radius 2 is 2.19 bits per heavy atom. The van der Waals surface area contributed by atoms with Crippen molar-refractivity contribution >= 4 is 5.82 Å². The molecule has 2 rings (SSSR count). The van der Waals surface area contributed by atoms with Crippen molar-refractivity contribution in [1.82, 2.24) is 9.78 Å². The third-order valence-corrected chi connectivity index (χ3v) is 3.51. The number of hydrogen-bond donors (Lipinski definition) is 1. The monoisotopic (exact) mass is 223 g/mol. The molecule has 1 aromatic heterocycles. The third-order valence-electron chi connectivity index (χ3n) is 3.51. The maximum Gasteiger partial charge on any atom is 0.190 e. The lowest BCUT2D eigenvalue weighted by Crippen LogP contribution is -2.23. The van der Waals surface area contributed by atoms with E-state index in [4.69, 9.17) is 4.74 Å². The summed E-state index contributed by atoms with van der Waals surface area (Å²) in [4.78, 5) is 0. The van der Waals surface area contributed by atoms with E-state index in [1.807, 2.05) is 13.2 Å². The van der Waals surface area contributed by atoms with E-state index in [0.29, 0.717) is 5.41 Å². The topological polar surface area (TPSA) is 39.1 Å². The summed E-state index contributed by atoms with van der Waals surface area (Å²) < 4.78 is 7.04. The minimum atomic E-state index is 0.433. The van der Waals surface area contributed by atoms with Gasteiger partial charge in [0.05, 0.1) is 13.3 Å². The molecule has 0 atom stereocenters. The second kappa shape index (κ2) is 4.36. The highest BCUT2D eigenvalue weighted by atomic mass is 16.5. The molecule has 0 aliphatic heterocycles. The molecule has 4 nitrogen and oxygen atoms in total. The maximum absolute atomic E-state index is 5.27. The number of methoxy groups -OCH3 is 1. The van der Waals surface area contributed by atoms with Gasteiger partial charge in [-0.3, -0.25) is 4.68 Å². The molecule has 0 aromatic carbocycles. The Morgan fingerprint density at radius 1 is 1.50 bits per heavy atom. The average molecular weight is 223 g/mol. The van der Waals surface area contributed by atoms with Crippen LogP contribution in [0.4, 0.5) is 5.82 Å². The molecule has 0 amide bonds. The Kier molecular flexibility index (Phi) is 3.08. The highest BCUT2D eigenvalue weighted by Gasteiger charge is 2.28. The number of rotatable bonds is 4. The van der Waals surface area contributed by atoms with E-state index in [9.17, 15) is 0 Å². The maximum atomic E-state index is 5.27. The first-order valence-electron chi connectivity index (χ1n) is 5.94. The molecule has 1 aromatic rings. The van der Waals surface area contributed by atoms with Gasteiger partial charge in [-0.05, 0) is 18.3 Å². The molecule has 1 heterocycles. The number of aryl methyl sites for hydroxylation is 1. The summed E-state index contributed by atoms with van der Waals surface area (Å²) in [5, 5.41) is 7.76. The predicted octanol–water partition coefficient (Wildman–Crippen LogP) is 2.42. The van der Waals surface area contributed by atoms with Crippen LogP contribution in [-0.2, 0) is 7.05 Å². The van der Waals surface area contributed by atoms with E-state index in [0.717, 1.165) is 18.1 Å². The van der Waals surface area contributed by atoms with Gasteiger partial charge >= 0.3 is 0 Å². The molecule has 4 heteroatoms. The lowest BCUT2D eigenvalue weighted by Gasteiger charge is -2.23. The standard InChI is InChI=1S/C12H21N3O/c1-12(6-4-5-7-12)9-13-11-10(16-3)8-15(2)14-11/h8H,4-7,9H2,1-3H3,(H,13,14). The molecule has 1 fully saturated rings. The van der Waals surface area contributed by atoms with Crippen molar-refractivity contribution in [2.24, 2.45) is 12.5 Å².